The second-order valence-corrected chi connectivity index (χ2v) is 12.4. The Kier molecular flexibility index (Phi) is 13.4. The molecule has 0 saturated carbocycles. The van der Waals surface area contributed by atoms with E-state index < -0.39 is 29.7 Å². The number of nitrogens with zero attached hydrogens (tertiary/aromatic N) is 1. The standard InChI is InChI=1S/C34H46ClN3O4/c1-9-11-12-13-21-38(32(40)28(22-23(3)4)36-33(41)42-34(6,7)8)30(26-19-17-25(10-2)18-20-26)31(39)37-29-24(5)15-14-16-27(29)35/h2,14-20,23,28,30H,9,11-13,21-22H2,1,3-8H3,(H,36,41)(H,37,39). The molecule has 2 aromatic rings. The predicted octanol–water partition coefficient (Wildman–Crippen LogP) is 7.66. The number of benzene rings is 2. The number of unbranched alkanes of at least 4 members (excludes halogenated alkanes) is 3. The monoisotopic (exact) mass is 595 g/mol. The zero-order valence-electron chi connectivity index (χ0n) is 26.1. The summed E-state index contributed by atoms with van der Waals surface area (Å²) in [5.41, 5.74) is 1.80. The molecule has 0 aliphatic rings. The minimum absolute atomic E-state index is 0.0868. The van der Waals surface area contributed by atoms with Gasteiger partial charge in [0.15, 0.2) is 0 Å². The Morgan fingerprint density at radius 3 is 2.26 bits per heavy atom. The smallest absolute Gasteiger partial charge is 0.408 e. The zero-order chi connectivity index (χ0) is 31.4. The second-order valence-electron chi connectivity index (χ2n) is 12.0. The predicted molar refractivity (Wildman–Crippen MR) is 170 cm³/mol. The van der Waals surface area contributed by atoms with Gasteiger partial charge in [0, 0.05) is 12.1 Å². The molecule has 42 heavy (non-hydrogen) atoms. The van der Waals surface area contributed by atoms with E-state index in [0.29, 0.717) is 41.2 Å². The summed E-state index contributed by atoms with van der Waals surface area (Å²) in [6.07, 6.45) is 8.88. The van der Waals surface area contributed by atoms with Gasteiger partial charge in [0.25, 0.3) is 5.91 Å². The van der Waals surface area contributed by atoms with Crippen molar-refractivity contribution in [1.82, 2.24) is 10.2 Å². The lowest BCUT2D eigenvalue weighted by atomic mass is 9.98. The molecule has 0 heterocycles. The van der Waals surface area contributed by atoms with Crippen molar-refractivity contribution in [1.29, 1.82) is 0 Å². The lowest BCUT2D eigenvalue weighted by Gasteiger charge is -2.35. The first-order valence-electron chi connectivity index (χ1n) is 14.7. The topological polar surface area (TPSA) is 87.7 Å². The highest BCUT2D eigenvalue weighted by atomic mass is 35.5. The average molecular weight is 596 g/mol. The number of alkyl carbamates (subject to hydrolysis) is 1. The summed E-state index contributed by atoms with van der Waals surface area (Å²) in [6.45, 7) is 13.5. The Balaban J connectivity index is 2.60. The van der Waals surface area contributed by atoms with Gasteiger partial charge in [-0.05, 0) is 75.8 Å². The minimum atomic E-state index is -1.00. The van der Waals surface area contributed by atoms with Crippen LogP contribution in [-0.4, -0.2) is 41.0 Å². The number of nitrogens with one attached hydrogen (secondary N) is 2. The summed E-state index contributed by atoms with van der Waals surface area (Å²) < 4.78 is 5.48. The first-order chi connectivity index (χ1) is 19.8. The third kappa shape index (κ3) is 10.7. The molecule has 3 amide bonds. The molecule has 0 aromatic heterocycles. The van der Waals surface area contributed by atoms with E-state index in [4.69, 9.17) is 22.8 Å². The van der Waals surface area contributed by atoms with Crippen LogP contribution in [0.4, 0.5) is 10.5 Å². The Bertz CT molecular complexity index is 1220. The van der Waals surface area contributed by atoms with Gasteiger partial charge in [-0.25, -0.2) is 4.79 Å². The maximum atomic E-state index is 14.4. The van der Waals surface area contributed by atoms with Crippen LogP contribution in [0.2, 0.25) is 5.02 Å². The van der Waals surface area contributed by atoms with Crippen LogP contribution in [0.5, 0.6) is 0 Å². The molecule has 0 aliphatic carbocycles. The summed E-state index contributed by atoms with van der Waals surface area (Å²) in [6, 6.07) is 10.5. The molecule has 7 nitrogen and oxygen atoms in total. The number of hydrogen-bond acceptors (Lipinski definition) is 4. The van der Waals surface area contributed by atoms with Crippen LogP contribution < -0.4 is 10.6 Å². The molecular weight excluding hydrogens is 550 g/mol. The van der Waals surface area contributed by atoms with Crippen molar-refractivity contribution in [2.45, 2.75) is 98.3 Å². The van der Waals surface area contributed by atoms with Crippen LogP contribution in [0.3, 0.4) is 0 Å². The van der Waals surface area contributed by atoms with Crippen LogP contribution in [0, 0.1) is 25.2 Å². The number of hydrogen-bond donors (Lipinski definition) is 2. The van der Waals surface area contributed by atoms with Gasteiger partial charge < -0.3 is 20.3 Å². The maximum absolute atomic E-state index is 14.4. The van der Waals surface area contributed by atoms with Gasteiger partial charge >= 0.3 is 6.09 Å². The van der Waals surface area contributed by atoms with E-state index in [2.05, 4.69) is 23.5 Å². The van der Waals surface area contributed by atoms with Crippen LogP contribution in [0.15, 0.2) is 42.5 Å². The summed E-state index contributed by atoms with van der Waals surface area (Å²) in [4.78, 5) is 42.9. The van der Waals surface area contributed by atoms with Crippen molar-refractivity contribution < 1.29 is 19.1 Å². The van der Waals surface area contributed by atoms with Gasteiger partial charge in [-0.3, -0.25) is 9.59 Å². The van der Waals surface area contributed by atoms with Crippen molar-refractivity contribution >= 4 is 35.2 Å². The molecule has 228 valence electrons. The van der Waals surface area contributed by atoms with Crippen molar-refractivity contribution in [2.24, 2.45) is 5.92 Å². The molecule has 0 aliphatic heterocycles. The first-order valence-corrected chi connectivity index (χ1v) is 15.1. The van der Waals surface area contributed by atoms with Crippen LogP contribution in [0.25, 0.3) is 0 Å². The van der Waals surface area contributed by atoms with Crippen LogP contribution in [0.1, 0.15) is 96.4 Å². The molecule has 0 spiro atoms. The summed E-state index contributed by atoms with van der Waals surface area (Å²) >= 11 is 6.46. The summed E-state index contributed by atoms with van der Waals surface area (Å²) in [5, 5.41) is 6.16. The van der Waals surface area contributed by atoms with Crippen molar-refractivity contribution in [2.75, 3.05) is 11.9 Å². The number of ether oxygens (including phenoxy) is 1. The van der Waals surface area contributed by atoms with Crippen LogP contribution >= 0.6 is 11.6 Å². The molecule has 0 radical (unpaired) electrons. The van der Waals surface area contributed by atoms with E-state index in [9.17, 15) is 14.4 Å². The molecular formula is C34H46ClN3O4. The van der Waals surface area contributed by atoms with Crippen LogP contribution in [-0.2, 0) is 14.3 Å². The molecule has 2 atom stereocenters. The molecule has 8 heteroatoms. The van der Waals surface area contributed by atoms with E-state index in [1.54, 1.807) is 56.0 Å². The lowest BCUT2D eigenvalue weighted by Crippen LogP contribution is -2.53. The van der Waals surface area contributed by atoms with Gasteiger partial charge in [0.05, 0.1) is 10.7 Å². The fourth-order valence-electron chi connectivity index (χ4n) is 4.63. The molecule has 2 aromatic carbocycles. The highest BCUT2D eigenvalue weighted by Crippen LogP contribution is 2.30. The SMILES string of the molecule is C#Cc1ccc(C(C(=O)Nc2c(C)cccc2Cl)N(CCCCCC)C(=O)C(CC(C)C)NC(=O)OC(C)(C)C)cc1. The van der Waals surface area contributed by atoms with Gasteiger partial charge in [-0.1, -0.05) is 81.8 Å². The number of anilines is 1. The number of rotatable bonds is 13. The molecule has 0 fully saturated rings. The van der Waals surface area contributed by atoms with E-state index in [1.807, 2.05) is 32.9 Å². The lowest BCUT2D eigenvalue weighted by molar-refractivity contribution is -0.141. The summed E-state index contributed by atoms with van der Waals surface area (Å²) in [7, 11) is 0. The number of terminal acetylenes is 1. The third-order valence-corrected chi connectivity index (χ3v) is 6.97. The number of carbonyl (C=O) groups is 3. The molecule has 0 saturated heterocycles. The largest absolute Gasteiger partial charge is 0.444 e. The van der Waals surface area contributed by atoms with Gasteiger partial charge in [-0.2, -0.15) is 0 Å². The molecule has 0 bridgehead atoms. The number of halogens is 1. The Labute approximate surface area is 256 Å². The number of amides is 3. The van der Waals surface area contributed by atoms with Crippen molar-refractivity contribution in [3.63, 3.8) is 0 Å². The number of carbonyl (C=O) groups excluding carboxylic acids is 3. The average Bonchev–Trinajstić information content (AvgIpc) is 2.90. The zero-order valence-corrected chi connectivity index (χ0v) is 26.8. The van der Waals surface area contributed by atoms with Crippen molar-refractivity contribution in [3.8, 4) is 12.3 Å². The number of para-hydroxylation sites is 1. The van der Waals surface area contributed by atoms with Gasteiger partial charge in [0.1, 0.15) is 17.7 Å². The molecule has 2 unspecified atom stereocenters. The minimum Gasteiger partial charge on any atom is -0.444 e. The normalized spacial score (nSPS) is 12.7. The first kappa shape index (κ1) is 34.7. The fourth-order valence-corrected chi connectivity index (χ4v) is 4.90. The summed E-state index contributed by atoms with van der Waals surface area (Å²) in [5.74, 6) is 1.91. The quantitative estimate of drug-likeness (QED) is 0.184. The van der Waals surface area contributed by atoms with E-state index >= 15 is 0 Å². The third-order valence-electron chi connectivity index (χ3n) is 6.66. The molecule has 2 N–H and O–H groups in total. The van der Waals surface area contributed by atoms with E-state index in [1.165, 1.54) is 0 Å². The number of aryl methyl sites for hydroxylation is 1. The highest BCUT2D eigenvalue weighted by molar-refractivity contribution is 6.34. The second kappa shape index (κ2) is 16.2. The van der Waals surface area contributed by atoms with Gasteiger partial charge in [-0.15, -0.1) is 6.42 Å². The fraction of sp³-hybridized carbons (Fsp3) is 0.500. The maximum Gasteiger partial charge on any atom is 0.408 e. The Morgan fingerprint density at radius 2 is 1.71 bits per heavy atom. The van der Waals surface area contributed by atoms with E-state index in [0.717, 1.165) is 24.8 Å². The van der Waals surface area contributed by atoms with E-state index in [-0.39, 0.29) is 11.8 Å². The Morgan fingerprint density at radius 1 is 1.05 bits per heavy atom. The van der Waals surface area contributed by atoms with Gasteiger partial charge in [0.2, 0.25) is 5.91 Å². The van der Waals surface area contributed by atoms with Crippen molar-refractivity contribution in [3.05, 3.63) is 64.2 Å². The molecule has 2 rings (SSSR count). The Hall–Kier alpha value is -3.50. The highest BCUT2D eigenvalue weighted by Gasteiger charge is 2.36.